The summed E-state index contributed by atoms with van der Waals surface area (Å²) in [6, 6.07) is 4.26. The van der Waals surface area contributed by atoms with Crippen molar-refractivity contribution in [3.05, 3.63) is 23.5 Å². The number of carbonyl (C=O) groups is 1. The first-order valence-corrected chi connectivity index (χ1v) is 6.37. The van der Waals surface area contributed by atoms with Crippen molar-refractivity contribution in [2.24, 2.45) is 0 Å². The molecule has 2 heterocycles. The minimum absolute atomic E-state index is 0.319. The molecule has 5 heteroatoms. The number of nitrogens with zero attached hydrogens (tertiary/aromatic N) is 1. The molecule has 0 amide bonds. The second kappa shape index (κ2) is 6.02. The SMILES string of the molecule is COC(=O)c1ccc(CNC2CCN(C)CC2)[nH]1. The van der Waals surface area contributed by atoms with Crippen molar-refractivity contribution < 1.29 is 9.53 Å². The fourth-order valence-electron chi connectivity index (χ4n) is 2.24. The van der Waals surface area contributed by atoms with Crippen molar-refractivity contribution in [2.75, 3.05) is 27.2 Å². The third-order valence-electron chi connectivity index (χ3n) is 3.45. The van der Waals surface area contributed by atoms with E-state index in [0.717, 1.165) is 25.3 Å². The standard InChI is InChI=1S/C13H21N3O2/c1-16-7-5-10(6-8-16)14-9-11-3-4-12(15-11)13(17)18-2/h3-4,10,14-15H,5-9H2,1-2H3. The number of nitrogens with one attached hydrogen (secondary N) is 2. The van der Waals surface area contributed by atoms with Crippen LogP contribution in [-0.2, 0) is 11.3 Å². The second-order valence-electron chi connectivity index (χ2n) is 4.85. The number of hydrogen-bond donors (Lipinski definition) is 2. The number of methoxy groups -OCH3 is 1. The van der Waals surface area contributed by atoms with Gasteiger partial charge in [0.2, 0.25) is 0 Å². The smallest absolute Gasteiger partial charge is 0.354 e. The zero-order chi connectivity index (χ0) is 13.0. The van der Waals surface area contributed by atoms with E-state index in [1.807, 2.05) is 6.07 Å². The van der Waals surface area contributed by atoms with E-state index in [0.29, 0.717) is 11.7 Å². The van der Waals surface area contributed by atoms with Crippen molar-refractivity contribution in [2.45, 2.75) is 25.4 Å². The first-order chi connectivity index (χ1) is 8.69. The van der Waals surface area contributed by atoms with Gasteiger partial charge in [0, 0.05) is 18.3 Å². The summed E-state index contributed by atoms with van der Waals surface area (Å²) in [7, 11) is 3.55. The fraction of sp³-hybridized carbons (Fsp3) is 0.615. The van der Waals surface area contributed by atoms with Crippen LogP contribution in [0.2, 0.25) is 0 Å². The number of hydrogen-bond acceptors (Lipinski definition) is 4. The van der Waals surface area contributed by atoms with Gasteiger partial charge in [-0.05, 0) is 45.1 Å². The van der Waals surface area contributed by atoms with Crippen molar-refractivity contribution in [3.63, 3.8) is 0 Å². The molecule has 0 unspecified atom stereocenters. The quantitative estimate of drug-likeness (QED) is 0.783. The maximum atomic E-state index is 11.3. The van der Waals surface area contributed by atoms with Crippen LogP contribution in [0, 0.1) is 0 Å². The number of aromatic amines is 1. The minimum atomic E-state index is -0.319. The molecule has 1 saturated heterocycles. The fourth-order valence-corrected chi connectivity index (χ4v) is 2.24. The zero-order valence-corrected chi connectivity index (χ0v) is 11.0. The van der Waals surface area contributed by atoms with Gasteiger partial charge in [-0.3, -0.25) is 0 Å². The van der Waals surface area contributed by atoms with Gasteiger partial charge in [0.25, 0.3) is 0 Å². The predicted molar refractivity (Wildman–Crippen MR) is 69.5 cm³/mol. The zero-order valence-electron chi connectivity index (χ0n) is 11.0. The Kier molecular flexibility index (Phi) is 4.38. The van der Waals surface area contributed by atoms with Gasteiger partial charge in [-0.2, -0.15) is 0 Å². The third-order valence-corrected chi connectivity index (χ3v) is 3.45. The van der Waals surface area contributed by atoms with E-state index in [-0.39, 0.29) is 5.97 Å². The molecule has 1 aromatic heterocycles. The maximum Gasteiger partial charge on any atom is 0.354 e. The number of likely N-dealkylation sites (tertiary alicyclic amines) is 1. The van der Waals surface area contributed by atoms with Gasteiger partial charge in [-0.25, -0.2) is 4.79 Å². The molecule has 2 rings (SSSR count). The van der Waals surface area contributed by atoms with E-state index in [2.05, 4.69) is 27.0 Å². The molecule has 0 saturated carbocycles. The molecule has 0 bridgehead atoms. The average Bonchev–Trinajstić information content (AvgIpc) is 2.86. The van der Waals surface area contributed by atoms with Crippen LogP contribution in [0.1, 0.15) is 29.0 Å². The Morgan fingerprint density at radius 1 is 1.50 bits per heavy atom. The second-order valence-corrected chi connectivity index (χ2v) is 4.85. The summed E-state index contributed by atoms with van der Waals surface area (Å²) in [6.45, 7) is 3.07. The van der Waals surface area contributed by atoms with Crippen LogP contribution in [0.25, 0.3) is 0 Å². The van der Waals surface area contributed by atoms with Crippen LogP contribution < -0.4 is 5.32 Å². The van der Waals surface area contributed by atoms with E-state index >= 15 is 0 Å². The molecule has 0 spiro atoms. The van der Waals surface area contributed by atoms with Crippen LogP contribution in [-0.4, -0.2) is 49.1 Å². The van der Waals surface area contributed by atoms with Crippen LogP contribution in [0.3, 0.4) is 0 Å². The number of aromatic nitrogens is 1. The first-order valence-electron chi connectivity index (χ1n) is 6.37. The van der Waals surface area contributed by atoms with Crippen LogP contribution in [0.5, 0.6) is 0 Å². The summed E-state index contributed by atoms with van der Waals surface area (Å²) in [5.41, 5.74) is 1.53. The summed E-state index contributed by atoms with van der Waals surface area (Å²) < 4.78 is 4.66. The molecule has 0 radical (unpaired) electrons. The highest BCUT2D eigenvalue weighted by molar-refractivity contribution is 5.87. The van der Waals surface area contributed by atoms with Crippen molar-refractivity contribution in [1.82, 2.24) is 15.2 Å². The van der Waals surface area contributed by atoms with Gasteiger partial charge >= 0.3 is 5.97 Å². The van der Waals surface area contributed by atoms with Crippen LogP contribution in [0.4, 0.5) is 0 Å². The molecule has 100 valence electrons. The lowest BCUT2D eigenvalue weighted by Gasteiger charge is -2.29. The normalized spacial score (nSPS) is 17.9. The molecule has 5 nitrogen and oxygen atoms in total. The number of esters is 1. The summed E-state index contributed by atoms with van der Waals surface area (Å²) in [4.78, 5) is 16.7. The van der Waals surface area contributed by atoms with Crippen molar-refractivity contribution >= 4 is 5.97 Å². The number of rotatable bonds is 4. The lowest BCUT2D eigenvalue weighted by atomic mass is 10.1. The van der Waals surface area contributed by atoms with Gasteiger partial charge in [0.15, 0.2) is 0 Å². The molecular formula is C13H21N3O2. The highest BCUT2D eigenvalue weighted by Gasteiger charge is 2.16. The topological polar surface area (TPSA) is 57.4 Å². The number of ether oxygens (including phenoxy) is 1. The van der Waals surface area contributed by atoms with Gasteiger partial charge in [0.05, 0.1) is 7.11 Å². The Morgan fingerprint density at radius 2 is 2.22 bits per heavy atom. The highest BCUT2D eigenvalue weighted by Crippen LogP contribution is 2.09. The van der Waals surface area contributed by atoms with Crippen molar-refractivity contribution in [3.8, 4) is 0 Å². The molecule has 1 fully saturated rings. The van der Waals surface area contributed by atoms with Gasteiger partial charge in [0.1, 0.15) is 5.69 Å². The Hall–Kier alpha value is -1.33. The Bertz CT molecular complexity index is 395. The van der Waals surface area contributed by atoms with E-state index in [1.165, 1.54) is 20.0 Å². The molecule has 0 aliphatic carbocycles. The summed E-state index contributed by atoms with van der Waals surface area (Å²) in [5.74, 6) is -0.319. The average molecular weight is 251 g/mol. The molecule has 1 aromatic rings. The highest BCUT2D eigenvalue weighted by atomic mass is 16.5. The molecule has 1 aliphatic rings. The van der Waals surface area contributed by atoms with E-state index in [9.17, 15) is 4.79 Å². The molecular weight excluding hydrogens is 230 g/mol. The number of H-pyrrole nitrogens is 1. The Balaban J connectivity index is 1.79. The minimum Gasteiger partial charge on any atom is -0.464 e. The summed E-state index contributed by atoms with van der Waals surface area (Å²) in [5, 5.41) is 3.52. The molecule has 1 aliphatic heterocycles. The predicted octanol–water partition coefficient (Wildman–Crippen LogP) is 0.985. The van der Waals surface area contributed by atoms with E-state index in [4.69, 9.17) is 0 Å². The Labute approximate surface area is 108 Å². The van der Waals surface area contributed by atoms with Crippen LogP contribution in [0.15, 0.2) is 12.1 Å². The maximum absolute atomic E-state index is 11.3. The van der Waals surface area contributed by atoms with Crippen LogP contribution >= 0.6 is 0 Å². The monoisotopic (exact) mass is 251 g/mol. The van der Waals surface area contributed by atoms with E-state index < -0.39 is 0 Å². The Morgan fingerprint density at radius 3 is 2.89 bits per heavy atom. The van der Waals surface area contributed by atoms with Gasteiger partial charge in [-0.1, -0.05) is 0 Å². The largest absolute Gasteiger partial charge is 0.464 e. The number of carbonyl (C=O) groups excluding carboxylic acids is 1. The molecule has 18 heavy (non-hydrogen) atoms. The van der Waals surface area contributed by atoms with E-state index in [1.54, 1.807) is 6.07 Å². The van der Waals surface area contributed by atoms with Gasteiger partial charge < -0.3 is 19.9 Å². The van der Waals surface area contributed by atoms with Gasteiger partial charge in [-0.15, -0.1) is 0 Å². The molecule has 0 atom stereocenters. The molecule has 2 N–H and O–H groups in total. The molecule has 0 aromatic carbocycles. The first kappa shape index (κ1) is 13.1. The number of piperidine rings is 1. The summed E-state index contributed by atoms with van der Waals surface area (Å²) >= 11 is 0. The van der Waals surface area contributed by atoms with Crippen molar-refractivity contribution in [1.29, 1.82) is 0 Å². The lowest BCUT2D eigenvalue weighted by molar-refractivity contribution is 0.0594. The third kappa shape index (κ3) is 3.34. The summed E-state index contributed by atoms with van der Waals surface area (Å²) in [6.07, 6.45) is 2.36. The lowest BCUT2D eigenvalue weighted by Crippen LogP contribution is -2.40.